The summed E-state index contributed by atoms with van der Waals surface area (Å²) in [6, 6.07) is 12.5. The molecule has 0 heterocycles. The van der Waals surface area contributed by atoms with E-state index in [2.05, 4.69) is 0 Å². The van der Waals surface area contributed by atoms with Gasteiger partial charge < -0.3 is 0 Å². The van der Waals surface area contributed by atoms with Crippen LogP contribution in [-0.2, 0) is 10.0 Å². The SMILES string of the molecule is CN(N)S(=O)(=O)c1ccc2ccccc2c1. The van der Waals surface area contributed by atoms with E-state index in [1.807, 2.05) is 24.3 Å². The van der Waals surface area contributed by atoms with Gasteiger partial charge >= 0.3 is 0 Å². The van der Waals surface area contributed by atoms with Gasteiger partial charge in [-0.1, -0.05) is 30.3 Å². The largest absolute Gasteiger partial charge is 0.255 e. The molecule has 2 N–H and O–H groups in total. The highest BCUT2D eigenvalue weighted by Gasteiger charge is 2.17. The third-order valence-electron chi connectivity index (χ3n) is 2.40. The van der Waals surface area contributed by atoms with Crippen LogP contribution in [0.3, 0.4) is 0 Å². The molecule has 0 aliphatic rings. The second-order valence-electron chi connectivity index (χ2n) is 3.53. The number of benzene rings is 2. The van der Waals surface area contributed by atoms with E-state index in [-0.39, 0.29) is 4.90 Å². The summed E-state index contributed by atoms with van der Waals surface area (Å²) in [5.74, 6) is 5.29. The average Bonchev–Trinajstić information content (AvgIpc) is 2.28. The molecule has 0 radical (unpaired) electrons. The molecule has 84 valence electrons. The van der Waals surface area contributed by atoms with Gasteiger partial charge in [-0.2, -0.15) is 0 Å². The fraction of sp³-hybridized carbons (Fsp3) is 0.0909. The molecule has 2 aromatic carbocycles. The number of hydrogen-bond donors (Lipinski definition) is 1. The fourth-order valence-corrected chi connectivity index (χ4v) is 2.34. The van der Waals surface area contributed by atoms with E-state index < -0.39 is 10.0 Å². The molecule has 5 heteroatoms. The monoisotopic (exact) mass is 236 g/mol. The number of fused-ring (bicyclic) bond motifs is 1. The highest BCUT2D eigenvalue weighted by molar-refractivity contribution is 7.89. The molecule has 16 heavy (non-hydrogen) atoms. The number of hydrogen-bond acceptors (Lipinski definition) is 3. The van der Waals surface area contributed by atoms with Gasteiger partial charge in [0.1, 0.15) is 0 Å². The Hall–Kier alpha value is -1.43. The summed E-state index contributed by atoms with van der Waals surface area (Å²) >= 11 is 0. The second-order valence-corrected chi connectivity index (χ2v) is 5.53. The lowest BCUT2D eigenvalue weighted by atomic mass is 10.1. The van der Waals surface area contributed by atoms with Crippen molar-refractivity contribution in [2.45, 2.75) is 4.90 Å². The Labute approximate surface area is 94.3 Å². The van der Waals surface area contributed by atoms with Crippen LogP contribution in [0.25, 0.3) is 10.8 Å². The lowest BCUT2D eigenvalue weighted by Gasteiger charge is -2.11. The summed E-state index contributed by atoms with van der Waals surface area (Å²) < 4.78 is 24.3. The molecule has 0 saturated heterocycles. The number of hydrazine groups is 1. The number of rotatable bonds is 2. The molecular weight excluding hydrogens is 224 g/mol. The molecular formula is C11H12N2O2S. The highest BCUT2D eigenvalue weighted by atomic mass is 32.2. The quantitative estimate of drug-likeness (QED) is 0.632. The molecule has 0 aliphatic heterocycles. The Morgan fingerprint density at radius 1 is 1.06 bits per heavy atom. The Balaban J connectivity index is 2.65. The highest BCUT2D eigenvalue weighted by Crippen LogP contribution is 2.19. The van der Waals surface area contributed by atoms with Crippen LogP contribution in [0.4, 0.5) is 0 Å². The molecule has 4 nitrogen and oxygen atoms in total. The van der Waals surface area contributed by atoms with Gasteiger partial charge in [-0.25, -0.2) is 8.42 Å². The van der Waals surface area contributed by atoms with Gasteiger partial charge in [-0.15, -0.1) is 4.41 Å². The minimum absolute atomic E-state index is 0.205. The summed E-state index contributed by atoms with van der Waals surface area (Å²) in [7, 11) is -2.25. The minimum Gasteiger partial charge on any atom is -0.255 e. The van der Waals surface area contributed by atoms with Crippen molar-refractivity contribution in [1.82, 2.24) is 4.41 Å². The normalized spacial score (nSPS) is 12.2. The van der Waals surface area contributed by atoms with Crippen molar-refractivity contribution >= 4 is 20.8 Å². The molecule has 0 aliphatic carbocycles. The first kappa shape index (κ1) is 11.1. The lowest BCUT2D eigenvalue weighted by molar-refractivity contribution is 0.486. The van der Waals surface area contributed by atoms with Crippen LogP contribution in [0.2, 0.25) is 0 Å². The van der Waals surface area contributed by atoms with Crippen molar-refractivity contribution < 1.29 is 8.42 Å². The topological polar surface area (TPSA) is 63.4 Å². The third-order valence-corrected chi connectivity index (χ3v) is 4.01. The van der Waals surface area contributed by atoms with E-state index in [0.29, 0.717) is 0 Å². The predicted octanol–water partition coefficient (Wildman–Crippen LogP) is 1.33. The smallest absolute Gasteiger partial charge is 0.255 e. The zero-order valence-electron chi connectivity index (χ0n) is 8.79. The molecule has 0 bridgehead atoms. The maximum absolute atomic E-state index is 11.8. The van der Waals surface area contributed by atoms with Gasteiger partial charge in [0.15, 0.2) is 0 Å². The van der Waals surface area contributed by atoms with Crippen LogP contribution in [-0.4, -0.2) is 19.9 Å². The van der Waals surface area contributed by atoms with Gasteiger partial charge in [-0.3, -0.25) is 5.84 Å². The maximum atomic E-state index is 11.8. The first-order valence-electron chi connectivity index (χ1n) is 4.74. The average molecular weight is 236 g/mol. The van der Waals surface area contributed by atoms with Crippen molar-refractivity contribution in [3.63, 3.8) is 0 Å². The summed E-state index contributed by atoms with van der Waals surface area (Å²) in [5.41, 5.74) is 0. The standard InChI is InChI=1S/C11H12N2O2S/c1-13(12)16(14,15)11-7-6-9-4-2-3-5-10(9)8-11/h2-8H,12H2,1H3. The number of nitrogens with zero attached hydrogens (tertiary/aromatic N) is 1. The van der Waals surface area contributed by atoms with Gasteiger partial charge in [0.25, 0.3) is 10.0 Å². The summed E-state index contributed by atoms with van der Waals surface area (Å²) in [5, 5.41) is 1.88. The van der Waals surface area contributed by atoms with E-state index in [9.17, 15) is 8.42 Å². The van der Waals surface area contributed by atoms with Crippen molar-refractivity contribution in [3.8, 4) is 0 Å². The summed E-state index contributed by atoms with van der Waals surface area (Å²) in [6.45, 7) is 0. The maximum Gasteiger partial charge on any atom is 0.255 e. The molecule has 0 unspecified atom stereocenters. The third kappa shape index (κ3) is 1.80. The molecule has 0 saturated carbocycles. The van der Waals surface area contributed by atoms with Crippen LogP contribution in [0.5, 0.6) is 0 Å². The van der Waals surface area contributed by atoms with Crippen LogP contribution in [0, 0.1) is 0 Å². The molecule has 0 atom stereocenters. The van der Waals surface area contributed by atoms with E-state index in [1.165, 1.54) is 7.05 Å². The molecule has 2 aromatic rings. The van der Waals surface area contributed by atoms with Crippen molar-refractivity contribution in [2.24, 2.45) is 5.84 Å². The summed E-state index contributed by atoms with van der Waals surface area (Å²) in [6.07, 6.45) is 0. The Kier molecular flexibility index (Phi) is 2.67. The van der Waals surface area contributed by atoms with Crippen molar-refractivity contribution in [3.05, 3.63) is 42.5 Å². The van der Waals surface area contributed by atoms with Gasteiger partial charge in [0, 0.05) is 7.05 Å². The molecule has 0 spiro atoms. The lowest BCUT2D eigenvalue weighted by Crippen LogP contribution is -2.33. The zero-order valence-corrected chi connectivity index (χ0v) is 9.61. The van der Waals surface area contributed by atoms with Crippen molar-refractivity contribution in [2.75, 3.05) is 7.05 Å². The fourth-order valence-electron chi connectivity index (χ4n) is 1.49. The number of nitrogens with two attached hydrogens (primary N) is 1. The van der Waals surface area contributed by atoms with Crippen molar-refractivity contribution in [1.29, 1.82) is 0 Å². The zero-order chi connectivity index (χ0) is 11.8. The Bertz CT molecular complexity index is 621. The first-order chi connectivity index (χ1) is 7.51. The number of sulfonamides is 1. The van der Waals surface area contributed by atoms with Crippen LogP contribution in [0.15, 0.2) is 47.4 Å². The van der Waals surface area contributed by atoms with Crippen LogP contribution < -0.4 is 5.84 Å². The van der Waals surface area contributed by atoms with E-state index >= 15 is 0 Å². The van der Waals surface area contributed by atoms with E-state index in [4.69, 9.17) is 5.84 Å². The molecule has 2 rings (SSSR count). The van der Waals surface area contributed by atoms with Gasteiger partial charge in [-0.05, 0) is 22.9 Å². The second kappa shape index (κ2) is 3.86. The van der Waals surface area contributed by atoms with E-state index in [1.54, 1.807) is 18.2 Å². The summed E-state index contributed by atoms with van der Waals surface area (Å²) in [4.78, 5) is 0.205. The minimum atomic E-state index is -3.56. The Morgan fingerprint density at radius 2 is 1.69 bits per heavy atom. The first-order valence-corrected chi connectivity index (χ1v) is 6.18. The van der Waals surface area contributed by atoms with Crippen LogP contribution in [0.1, 0.15) is 0 Å². The molecule has 0 amide bonds. The molecule has 0 aromatic heterocycles. The van der Waals surface area contributed by atoms with Gasteiger partial charge in [0.05, 0.1) is 4.90 Å². The Morgan fingerprint density at radius 3 is 2.31 bits per heavy atom. The molecule has 0 fully saturated rings. The van der Waals surface area contributed by atoms with E-state index in [0.717, 1.165) is 15.2 Å². The predicted molar refractivity (Wildman–Crippen MR) is 63.1 cm³/mol. The van der Waals surface area contributed by atoms with Crippen LogP contribution >= 0.6 is 0 Å². The van der Waals surface area contributed by atoms with Gasteiger partial charge in [0.2, 0.25) is 0 Å².